The van der Waals surface area contributed by atoms with Crippen LogP contribution in [0.2, 0.25) is 0 Å². The largest absolute Gasteiger partial charge is 0.484 e. The number of aryl methyl sites for hydroxylation is 1. The molecule has 0 spiro atoms. The van der Waals surface area contributed by atoms with E-state index in [0.29, 0.717) is 36.2 Å². The first-order chi connectivity index (χ1) is 13.2. The van der Waals surface area contributed by atoms with Crippen LogP contribution >= 0.6 is 11.3 Å². The number of aromatic nitrogens is 2. The van der Waals surface area contributed by atoms with E-state index >= 15 is 0 Å². The highest BCUT2D eigenvalue weighted by Gasteiger charge is 2.24. The number of nitrogens with one attached hydrogen (secondary N) is 1. The van der Waals surface area contributed by atoms with Gasteiger partial charge in [0.25, 0.3) is 5.89 Å². The maximum atomic E-state index is 12.4. The number of ether oxygens (including phenoxy) is 2. The summed E-state index contributed by atoms with van der Waals surface area (Å²) in [6.07, 6.45) is 1.07. The van der Waals surface area contributed by atoms with E-state index in [4.69, 9.17) is 14.0 Å². The molecule has 8 heteroatoms. The Kier molecular flexibility index (Phi) is 5.17. The Morgan fingerprint density at radius 2 is 2.19 bits per heavy atom. The van der Waals surface area contributed by atoms with Crippen LogP contribution in [0.5, 0.6) is 5.75 Å². The Morgan fingerprint density at radius 1 is 1.33 bits per heavy atom. The standard InChI is InChI=1S/C19H19N3O4S/c1-12-20-18(26-22-12)11-25-15-4-2-14(3-5-15)21-17(23)10-16-19-13(6-8-24-16)7-9-27-19/h2-5,7,9,16H,6,8,10-11H2,1H3,(H,21,23)/t16-/m0/s1. The van der Waals surface area contributed by atoms with Crippen LogP contribution in [0.1, 0.15) is 34.7 Å². The molecule has 0 aliphatic carbocycles. The van der Waals surface area contributed by atoms with Crippen molar-refractivity contribution in [3.63, 3.8) is 0 Å². The average Bonchev–Trinajstić information content (AvgIpc) is 3.30. The van der Waals surface area contributed by atoms with Gasteiger partial charge in [-0.15, -0.1) is 11.3 Å². The molecule has 0 unspecified atom stereocenters. The molecule has 0 saturated heterocycles. The summed E-state index contributed by atoms with van der Waals surface area (Å²) in [5, 5.41) is 8.67. The molecule has 0 radical (unpaired) electrons. The lowest BCUT2D eigenvalue weighted by Crippen LogP contribution is -2.21. The third-order valence-corrected chi connectivity index (χ3v) is 5.26. The van der Waals surface area contributed by atoms with Gasteiger partial charge in [0.05, 0.1) is 13.0 Å². The number of rotatable bonds is 6. The Morgan fingerprint density at radius 3 is 2.96 bits per heavy atom. The maximum absolute atomic E-state index is 12.4. The topological polar surface area (TPSA) is 86.5 Å². The number of carbonyl (C=O) groups excluding carboxylic acids is 1. The van der Waals surface area contributed by atoms with Gasteiger partial charge in [0, 0.05) is 10.6 Å². The van der Waals surface area contributed by atoms with Crippen molar-refractivity contribution in [3.8, 4) is 5.75 Å². The summed E-state index contributed by atoms with van der Waals surface area (Å²) in [4.78, 5) is 17.6. The molecule has 3 aromatic rings. The van der Waals surface area contributed by atoms with Gasteiger partial charge in [-0.25, -0.2) is 0 Å². The minimum atomic E-state index is -0.158. The number of amides is 1. The number of thiophene rings is 1. The Bertz CT molecular complexity index is 919. The summed E-state index contributed by atoms with van der Waals surface area (Å²) in [5.74, 6) is 1.58. The molecule has 0 saturated carbocycles. The highest BCUT2D eigenvalue weighted by molar-refractivity contribution is 7.10. The van der Waals surface area contributed by atoms with Crippen LogP contribution in [0, 0.1) is 6.92 Å². The number of hydrogen-bond donors (Lipinski definition) is 1. The first-order valence-corrected chi connectivity index (χ1v) is 9.55. The molecule has 3 heterocycles. The van der Waals surface area contributed by atoms with Gasteiger partial charge >= 0.3 is 0 Å². The summed E-state index contributed by atoms with van der Waals surface area (Å²) >= 11 is 1.65. The number of anilines is 1. The van der Waals surface area contributed by atoms with Crippen LogP contribution in [0.15, 0.2) is 40.2 Å². The van der Waals surface area contributed by atoms with Gasteiger partial charge in [-0.2, -0.15) is 4.98 Å². The molecule has 1 amide bonds. The van der Waals surface area contributed by atoms with Crippen LogP contribution in [0.25, 0.3) is 0 Å². The molecular weight excluding hydrogens is 366 g/mol. The minimum absolute atomic E-state index is 0.0729. The molecule has 1 N–H and O–H groups in total. The van der Waals surface area contributed by atoms with Gasteiger partial charge in [0.2, 0.25) is 5.91 Å². The molecule has 0 bridgehead atoms. The van der Waals surface area contributed by atoms with Gasteiger partial charge in [0.1, 0.15) is 11.9 Å². The molecule has 0 fully saturated rings. The van der Waals surface area contributed by atoms with Gasteiger partial charge in [0.15, 0.2) is 12.4 Å². The predicted octanol–water partition coefficient (Wildman–Crippen LogP) is 3.66. The highest BCUT2D eigenvalue weighted by Crippen LogP contribution is 2.34. The number of carbonyl (C=O) groups is 1. The zero-order valence-electron chi connectivity index (χ0n) is 14.8. The average molecular weight is 385 g/mol. The summed E-state index contributed by atoms with van der Waals surface area (Å²) in [6.45, 7) is 2.62. The van der Waals surface area contributed by atoms with E-state index in [1.165, 1.54) is 5.56 Å². The second-order valence-corrected chi connectivity index (χ2v) is 7.17. The monoisotopic (exact) mass is 385 g/mol. The molecule has 7 nitrogen and oxygen atoms in total. The molecule has 27 heavy (non-hydrogen) atoms. The van der Waals surface area contributed by atoms with E-state index < -0.39 is 0 Å². The van der Waals surface area contributed by atoms with Crippen molar-refractivity contribution in [3.05, 3.63) is 57.9 Å². The summed E-state index contributed by atoms with van der Waals surface area (Å²) in [6, 6.07) is 9.28. The summed E-state index contributed by atoms with van der Waals surface area (Å²) in [7, 11) is 0. The lowest BCUT2D eigenvalue weighted by Gasteiger charge is -2.22. The van der Waals surface area contributed by atoms with Gasteiger partial charge in [-0.3, -0.25) is 4.79 Å². The number of fused-ring (bicyclic) bond motifs is 1. The zero-order chi connectivity index (χ0) is 18.6. The Hall–Kier alpha value is -2.71. The van der Waals surface area contributed by atoms with Crippen molar-refractivity contribution in [2.75, 3.05) is 11.9 Å². The van der Waals surface area contributed by atoms with Crippen molar-refractivity contribution in [2.45, 2.75) is 32.5 Å². The number of nitrogens with zero attached hydrogens (tertiary/aromatic N) is 2. The van der Waals surface area contributed by atoms with Gasteiger partial charge < -0.3 is 19.3 Å². The lowest BCUT2D eigenvalue weighted by atomic mass is 10.1. The van der Waals surface area contributed by atoms with E-state index in [0.717, 1.165) is 11.3 Å². The second kappa shape index (κ2) is 7.89. The SMILES string of the molecule is Cc1noc(COc2ccc(NC(=O)C[C@@H]3OCCc4ccsc43)cc2)n1. The Labute approximate surface area is 160 Å². The number of hydrogen-bond acceptors (Lipinski definition) is 7. The molecule has 140 valence electrons. The van der Waals surface area contributed by atoms with Crippen LogP contribution < -0.4 is 10.1 Å². The normalized spacial score (nSPS) is 16.0. The third-order valence-electron chi connectivity index (χ3n) is 4.20. The van der Waals surface area contributed by atoms with Crippen LogP contribution in [0.3, 0.4) is 0 Å². The highest BCUT2D eigenvalue weighted by atomic mass is 32.1. The van der Waals surface area contributed by atoms with Crippen molar-refractivity contribution in [1.29, 1.82) is 0 Å². The fourth-order valence-electron chi connectivity index (χ4n) is 2.93. The summed E-state index contributed by atoms with van der Waals surface area (Å²) < 4.78 is 16.4. The Balaban J connectivity index is 1.30. The molecule has 1 aromatic carbocycles. The quantitative estimate of drug-likeness (QED) is 0.697. The molecule has 1 atom stereocenters. The minimum Gasteiger partial charge on any atom is -0.484 e. The smallest absolute Gasteiger partial charge is 0.264 e. The van der Waals surface area contributed by atoms with Crippen LogP contribution in [-0.4, -0.2) is 22.7 Å². The maximum Gasteiger partial charge on any atom is 0.264 e. The van der Waals surface area contributed by atoms with E-state index in [2.05, 4.69) is 26.9 Å². The van der Waals surface area contributed by atoms with Gasteiger partial charge in [-0.05, 0) is 54.6 Å². The van der Waals surface area contributed by atoms with Crippen LogP contribution in [-0.2, 0) is 22.6 Å². The third kappa shape index (κ3) is 4.35. The predicted molar refractivity (Wildman–Crippen MR) is 99.8 cm³/mol. The fraction of sp³-hybridized carbons (Fsp3) is 0.316. The van der Waals surface area contributed by atoms with E-state index in [1.807, 2.05) is 0 Å². The van der Waals surface area contributed by atoms with Gasteiger partial charge in [-0.1, -0.05) is 5.16 Å². The van der Waals surface area contributed by atoms with E-state index in [-0.39, 0.29) is 18.6 Å². The number of benzene rings is 1. The molecule has 1 aliphatic rings. The zero-order valence-corrected chi connectivity index (χ0v) is 15.6. The molecule has 4 rings (SSSR count). The van der Waals surface area contributed by atoms with Crippen molar-refractivity contribution < 1.29 is 18.8 Å². The fourth-order valence-corrected chi connectivity index (χ4v) is 3.94. The van der Waals surface area contributed by atoms with Crippen molar-refractivity contribution in [1.82, 2.24) is 10.1 Å². The first-order valence-electron chi connectivity index (χ1n) is 8.67. The van der Waals surface area contributed by atoms with E-state index in [9.17, 15) is 4.79 Å². The lowest BCUT2D eigenvalue weighted by molar-refractivity contribution is -0.119. The van der Waals surface area contributed by atoms with Crippen molar-refractivity contribution in [2.24, 2.45) is 0 Å². The molecule has 2 aromatic heterocycles. The molecular formula is C19H19N3O4S. The van der Waals surface area contributed by atoms with E-state index in [1.54, 1.807) is 42.5 Å². The summed E-state index contributed by atoms with van der Waals surface area (Å²) in [5.41, 5.74) is 2.00. The van der Waals surface area contributed by atoms with Crippen molar-refractivity contribution >= 4 is 22.9 Å². The first kappa shape index (κ1) is 17.7. The second-order valence-electron chi connectivity index (χ2n) is 6.22. The molecule has 1 aliphatic heterocycles. The van der Waals surface area contributed by atoms with Crippen LogP contribution in [0.4, 0.5) is 5.69 Å².